The Morgan fingerprint density at radius 1 is 0.719 bits per heavy atom. The maximum absolute atomic E-state index is 13.1. The van der Waals surface area contributed by atoms with E-state index in [-0.39, 0.29) is 5.56 Å². The zero-order chi connectivity index (χ0) is 23.1. The Kier molecular flexibility index (Phi) is 12.1. The zero-order valence-electron chi connectivity index (χ0n) is 19.8. The van der Waals surface area contributed by atoms with Crippen LogP contribution in [0.25, 0.3) is 0 Å². The third-order valence-corrected chi connectivity index (χ3v) is 6.20. The summed E-state index contributed by atoms with van der Waals surface area (Å²) >= 11 is 0. The van der Waals surface area contributed by atoms with E-state index in [1.54, 1.807) is 12.1 Å². The number of rotatable bonds is 19. The van der Waals surface area contributed by atoms with E-state index >= 15 is 0 Å². The van der Waals surface area contributed by atoms with E-state index in [0.29, 0.717) is 12.4 Å². The molecule has 3 nitrogen and oxygen atoms in total. The third kappa shape index (κ3) is 9.50. The van der Waals surface area contributed by atoms with Crippen molar-refractivity contribution in [3.8, 4) is 5.75 Å². The van der Waals surface area contributed by atoms with Gasteiger partial charge in [-0.1, -0.05) is 115 Å². The van der Waals surface area contributed by atoms with Crippen LogP contribution in [-0.2, 0) is 5.66 Å². The van der Waals surface area contributed by atoms with Crippen LogP contribution in [0, 0.1) is 0 Å². The fraction of sp³-hybridized carbons (Fsp3) is 0.769. The summed E-state index contributed by atoms with van der Waals surface area (Å²) in [5, 5.41) is 6.49. The van der Waals surface area contributed by atoms with Crippen LogP contribution in [-0.4, -0.2) is 12.8 Å². The number of benzene rings is 1. The number of unbranched alkanes of at least 4 members (excludes halogenated alkanes) is 15. The van der Waals surface area contributed by atoms with Crippen LogP contribution >= 0.6 is 0 Å². The minimum atomic E-state index is -4.50. The molecule has 0 aromatic heterocycles. The van der Waals surface area contributed by atoms with E-state index in [9.17, 15) is 13.2 Å². The molecule has 0 spiro atoms. The molecular formula is C26H41F3N2O. The minimum Gasteiger partial charge on any atom is -0.494 e. The third-order valence-electron chi connectivity index (χ3n) is 6.20. The molecular weight excluding hydrogens is 413 g/mol. The lowest BCUT2D eigenvalue weighted by molar-refractivity contribution is -0.166. The molecule has 0 radical (unpaired) electrons. The highest BCUT2D eigenvalue weighted by molar-refractivity contribution is 5.36. The Morgan fingerprint density at radius 3 is 1.62 bits per heavy atom. The monoisotopic (exact) mass is 454 g/mol. The Labute approximate surface area is 192 Å². The van der Waals surface area contributed by atoms with Crippen LogP contribution in [0.4, 0.5) is 13.2 Å². The number of hydrogen-bond acceptors (Lipinski definition) is 3. The first kappa shape index (κ1) is 26.7. The summed E-state index contributed by atoms with van der Waals surface area (Å²) < 4.78 is 45.0. The van der Waals surface area contributed by atoms with Crippen molar-refractivity contribution in [3.63, 3.8) is 0 Å². The molecule has 1 aliphatic heterocycles. The van der Waals surface area contributed by atoms with E-state index in [2.05, 4.69) is 17.2 Å². The molecule has 0 bridgehead atoms. The van der Waals surface area contributed by atoms with Gasteiger partial charge in [-0.2, -0.15) is 13.2 Å². The molecule has 0 saturated heterocycles. The predicted molar refractivity (Wildman–Crippen MR) is 124 cm³/mol. The Balaban J connectivity index is 1.40. The smallest absolute Gasteiger partial charge is 0.442 e. The number of alkyl halides is 3. The SMILES string of the molecule is CCCCCCCCCCCCCCCCCCOc1cccc(C2(C(F)(F)F)N=N2)c1. The molecule has 0 unspecified atom stereocenters. The van der Waals surface area contributed by atoms with Crippen molar-refractivity contribution in [2.24, 2.45) is 10.2 Å². The lowest BCUT2D eigenvalue weighted by Gasteiger charge is -2.15. The summed E-state index contributed by atoms with van der Waals surface area (Å²) in [6.07, 6.45) is 16.5. The summed E-state index contributed by atoms with van der Waals surface area (Å²) in [7, 11) is 0. The van der Waals surface area contributed by atoms with Gasteiger partial charge in [-0.25, -0.2) is 0 Å². The van der Waals surface area contributed by atoms with Crippen LogP contribution in [0.15, 0.2) is 34.5 Å². The van der Waals surface area contributed by atoms with Crippen molar-refractivity contribution in [1.29, 1.82) is 0 Å². The molecule has 1 heterocycles. The number of ether oxygens (including phenoxy) is 1. The second-order valence-electron chi connectivity index (χ2n) is 9.05. The molecule has 1 aliphatic rings. The molecule has 1 aromatic carbocycles. The van der Waals surface area contributed by atoms with Crippen molar-refractivity contribution >= 4 is 0 Å². The van der Waals surface area contributed by atoms with E-state index in [0.717, 1.165) is 12.8 Å². The Morgan fingerprint density at radius 2 is 1.19 bits per heavy atom. The van der Waals surface area contributed by atoms with Crippen LogP contribution < -0.4 is 4.74 Å². The summed E-state index contributed by atoms with van der Waals surface area (Å²) in [5.74, 6) is 0.449. The molecule has 0 atom stereocenters. The van der Waals surface area contributed by atoms with Gasteiger partial charge in [0.05, 0.1) is 6.61 Å². The van der Waals surface area contributed by atoms with Gasteiger partial charge in [0, 0.05) is 5.56 Å². The number of nitrogens with zero attached hydrogens (tertiary/aromatic N) is 2. The highest BCUT2D eigenvalue weighted by Crippen LogP contribution is 2.52. The molecule has 0 N–H and O–H groups in total. The molecule has 0 amide bonds. The van der Waals surface area contributed by atoms with E-state index in [1.807, 2.05) is 0 Å². The Hall–Kier alpha value is -1.59. The van der Waals surface area contributed by atoms with Crippen molar-refractivity contribution in [2.45, 2.75) is 121 Å². The zero-order valence-corrected chi connectivity index (χ0v) is 19.8. The number of hydrogen-bond donors (Lipinski definition) is 0. The topological polar surface area (TPSA) is 34.0 Å². The minimum absolute atomic E-state index is 0.0227. The first-order chi connectivity index (χ1) is 15.5. The maximum atomic E-state index is 13.1. The predicted octanol–water partition coefficient (Wildman–Crippen LogP) is 9.51. The highest BCUT2D eigenvalue weighted by Gasteiger charge is 2.65. The summed E-state index contributed by atoms with van der Waals surface area (Å²) in [4.78, 5) is 0. The van der Waals surface area contributed by atoms with Crippen LogP contribution in [0.5, 0.6) is 5.75 Å². The molecule has 0 aliphatic carbocycles. The molecule has 1 aromatic rings. The van der Waals surface area contributed by atoms with E-state index in [4.69, 9.17) is 4.74 Å². The normalized spacial score (nSPS) is 14.6. The van der Waals surface area contributed by atoms with Gasteiger partial charge >= 0.3 is 11.8 Å². The van der Waals surface area contributed by atoms with E-state index in [1.165, 1.54) is 102 Å². The van der Waals surface area contributed by atoms with Crippen molar-refractivity contribution in [2.75, 3.05) is 6.61 Å². The van der Waals surface area contributed by atoms with Crippen molar-refractivity contribution in [1.82, 2.24) is 0 Å². The van der Waals surface area contributed by atoms with Gasteiger partial charge in [-0.3, -0.25) is 0 Å². The van der Waals surface area contributed by atoms with Crippen LogP contribution in [0.1, 0.15) is 115 Å². The Bertz CT molecular complexity index is 655. The van der Waals surface area contributed by atoms with Gasteiger partial charge in [-0.15, -0.1) is 10.2 Å². The largest absolute Gasteiger partial charge is 0.494 e. The second kappa shape index (κ2) is 14.5. The van der Waals surface area contributed by atoms with Gasteiger partial charge < -0.3 is 4.74 Å². The fourth-order valence-electron chi connectivity index (χ4n) is 4.09. The second-order valence-corrected chi connectivity index (χ2v) is 9.05. The average Bonchev–Trinajstić information content (AvgIpc) is 3.58. The lowest BCUT2D eigenvalue weighted by Crippen LogP contribution is -2.30. The average molecular weight is 455 g/mol. The maximum Gasteiger partial charge on any atom is 0.442 e. The lowest BCUT2D eigenvalue weighted by atomic mass is 10.0. The first-order valence-corrected chi connectivity index (χ1v) is 12.7. The fourth-order valence-corrected chi connectivity index (χ4v) is 4.09. The van der Waals surface area contributed by atoms with E-state index < -0.39 is 11.8 Å². The summed E-state index contributed by atoms with van der Waals surface area (Å²) in [6.45, 7) is 2.79. The van der Waals surface area contributed by atoms with Crippen LogP contribution in [0.2, 0.25) is 0 Å². The summed E-state index contributed by atoms with van der Waals surface area (Å²) in [6, 6.07) is 6.05. The van der Waals surface area contributed by atoms with Gasteiger partial charge in [-0.05, 0) is 18.6 Å². The standard InChI is InChI=1S/C26H41F3N2O/c1-2-3-4-5-6-7-8-9-10-11-12-13-14-15-16-17-21-32-24-20-18-19-23(22-24)25(30-31-25)26(27,28)29/h18-20,22H,2-17,21H2,1H3. The van der Waals surface area contributed by atoms with Crippen molar-refractivity contribution in [3.05, 3.63) is 29.8 Å². The molecule has 32 heavy (non-hydrogen) atoms. The first-order valence-electron chi connectivity index (χ1n) is 12.7. The van der Waals surface area contributed by atoms with Gasteiger partial charge in [0.1, 0.15) is 5.75 Å². The van der Waals surface area contributed by atoms with Crippen LogP contribution in [0.3, 0.4) is 0 Å². The molecule has 0 fully saturated rings. The molecule has 2 rings (SSSR count). The molecule has 6 heteroatoms. The molecule has 0 saturated carbocycles. The molecule has 182 valence electrons. The quantitative estimate of drug-likeness (QED) is 0.192. The highest BCUT2D eigenvalue weighted by atomic mass is 19.4. The van der Waals surface area contributed by atoms with Gasteiger partial charge in [0.25, 0.3) is 0 Å². The van der Waals surface area contributed by atoms with Crippen molar-refractivity contribution < 1.29 is 17.9 Å². The number of halogens is 3. The van der Waals surface area contributed by atoms with Gasteiger partial charge in [0.15, 0.2) is 0 Å². The summed E-state index contributed by atoms with van der Waals surface area (Å²) in [5.41, 5.74) is -2.35. The van der Waals surface area contributed by atoms with Gasteiger partial charge in [0.2, 0.25) is 0 Å².